The van der Waals surface area contributed by atoms with Crippen molar-refractivity contribution in [2.24, 2.45) is 5.92 Å². The number of pyridine rings is 2. The summed E-state index contributed by atoms with van der Waals surface area (Å²) >= 11 is 1.85. The van der Waals surface area contributed by atoms with E-state index in [1.807, 2.05) is 41.9 Å². The molecule has 1 fully saturated rings. The first-order valence-corrected chi connectivity index (χ1v) is 19.5. The van der Waals surface area contributed by atoms with Gasteiger partial charge in [0.15, 0.2) is 0 Å². The third-order valence-electron chi connectivity index (χ3n) is 11.0. The average Bonchev–Trinajstić information content (AvgIpc) is 3.59. The van der Waals surface area contributed by atoms with Crippen LogP contribution in [0.5, 0.6) is 0 Å². The number of hydrogen-bond donors (Lipinski definition) is 0. The second kappa shape index (κ2) is 16.3. The van der Waals surface area contributed by atoms with Crippen LogP contribution in [0.15, 0.2) is 134 Å². The van der Waals surface area contributed by atoms with Crippen molar-refractivity contribution in [2.45, 2.75) is 64.7 Å². The molecule has 0 aliphatic heterocycles. The Bertz CT molecular complexity index is 2460. The largest absolute Gasteiger partial charge is 0.305 e. The van der Waals surface area contributed by atoms with Crippen LogP contribution in [0.4, 0.5) is 0 Å². The molecule has 4 heteroatoms. The number of rotatable bonds is 6. The summed E-state index contributed by atoms with van der Waals surface area (Å²) in [5, 5.41) is 5.18. The number of fused-ring (bicyclic) bond motifs is 5. The first-order valence-electron chi connectivity index (χ1n) is 18.6. The Hall–Kier alpha value is -4.47. The fourth-order valence-corrected chi connectivity index (χ4v) is 8.97. The SMILES string of the molecule is CC(C)(c1ccccc1)c1ccnc(-c2[c-]cc3sc4c5ccccc5ccc4c3c2)c1.Cc1cnc(-c2[c-]cccc2)cc1CC1CCCCC1.[Ir]. The molecule has 0 atom stereocenters. The molecule has 1 aliphatic rings. The monoisotopic (exact) mass is 885 g/mol. The summed E-state index contributed by atoms with van der Waals surface area (Å²) in [5.74, 6) is 0.873. The van der Waals surface area contributed by atoms with Crippen LogP contribution in [-0.4, -0.2) is 9.97 Å². The number of hydrogen-bond acceptors (Lipinski definition) is 3. The third-order valence-corrected chi connectivity index (χ3v) is 12.2. The fraction of sp³-hybridized carbons (Fsp3) is 0.224. The maximum atomic E-state index is 4.71. The molecule has 267 valence electrons. The number of thiophene rings is 1. The van der Waals surface area contributed by atoms with E-state index in [4.69, 9.17) is 4.98 Å². The van der Waals surface area contributed by atoms with E-state index in [1.54, 1.807) is 0 Å². The maximum absolute atomic E-state index is 4.71. The van der Waals surface area contributed by atoms with Crippen molar-refractivity contribution in [1.82, 2.24) is 9.97 Å². The molecule has 3 heterocycles. The fourth-order valence-electron chi connectivity index (χ4n) is 7.77. The summed E-state index contributed by atoms with van der Waals surface area (Å²) in [6.45, 7) is 6.72. The molecule has 0 amide bonds. The van der Waals surface area contributed by atoms with Crippen molar-refractivity contribution in [2.75, 3.05) is 0 Å². The van der Waals surface area contributed by atoms with E-state index in [2.05, 4.69) is 141 Å². The van der Waals surface area contributed by atoms with Crippen LogP contribution < -0.4 is 0 Å². The molecule has 0 spiro atoms. The van der Waals surface area contributed by atoms with E-state index < -0.39 is 0 Å². The van der Waals surface area contributed by atoms with Gasteiger partial charge in [0.25, 0.3) is 0 Å². The Morgan fingerprint density at radius 3 is 2.28 bits per heavy atom. The van der Waals surface area contributed by atoms with E-state index in [-0.39, 0.29) is 25.5 Å². The molecule has 1 saturated carbocycles. The van der Waals surface area contributed by atoms with Gasteiger partial charge >= 0.3 is 0 Å². The second-order valence-electron chi connectivity index (χ2n) is 14.8. The molecular weight excluding hydrogens is 841 g/mol. The van der Waals surface area contributed by atoms with E-state index in [0.29, 0.717) is 0 Å². The van der Waals surface area contributed by atoms with Crippen molar-refractivity contribution in [3.63, 3.8) is 0 Å². The van der Waals surface area contributed by atoms with Crippen LogP contribution in [0.25, 0.3) is 53.5 Å². The van der Waals surface area contributed by atoms with Gasteiger partial charge in [0.2, 0.25) is 0 Å². The van der Waals surface area contributed by atoms with E-state index >= 15 is 0 Å². The first kappa shape index (κ1) is 36.9. The van der Waals surface area contributed by atoms with Gasteiger partial charge in [-0.25, -0.2) is 0 Å². The van der Waals surface area contributed by atoms with E-state index in [9.17, 15) is 0 Å². The van der Waals surface area contributed by atoms with Crippen molar-refractivity contribution in [1.29, 1.82) is 0 Å². The smallest absolute Gasteiger partial charge is 0.0318 e. The quantitative estimate of drug-likeness (QED) is 0.156. The van der Waals surface area contributed by atoms with Gasteiger partial charge in [-0.2, -0.15) is 11.3 Å². The van der Waals surface area contributed by atoms with Gasteiger partial charge in [0.05, 0.1) is 0 Å². The molecule has 0 N–H and O–H groups in total. The van der Waals surface area contributed by atoms with Crippen LogP contribution in [0.3, 0.4) is 0 Å². The van der Waals surface area contributed by atoms with Crippen LogP contribution >= 0.6 is 11.3 Å². The molecule has 0 unspecified atom stereocenters. The minimum Gasteiger partial charge on any atom is -0.305 e. The summed E-state index contributed by atoms with van der Waals surface area (Å²) < 4.78 is 2.61. The van der Waals surface area contributed by atoms with Gasteiger partial charge in [-0.05, 0) is 74.3 Å². The van der Waals surface area contributed by atoms with Gasteiger partial charge in [0.1, 0.15) is 0 Å². The van der Waals surface area contributed by atoms with Crippen molar-refractivity contribution in [3.05, 3.63) is 168 Å². The van der Waals surface area contributed by atoms with E-state index in [0.717, 1.165) is 28.4 Å². The number of aryl methyl sites for hydroxylation is 1. The van der Waals surface area contributed by atoms with Crippen molar-refractivity contribution in [3.8, 4) is 22.5 Å². The predicted molar refractivity (Wildman–Crippen MR) is 221 cm³/mol. The predicted octanol–water partition coefficient (Wildman–Crippen LogP) is 13.4. The topological polar surface area (TPSA) is 25.8 Å². The zero-order valence-electron chi connectivity index (χ0n) is 30.7. The normalized spacial score (nSPS) is 13.4. The second-order valence-corrected chi connectivity index (χ2v) is 15.8. The Labute approximate surface area is 331 Å². The minimum atomic E-state index is -0.100. The van der Waals surface area contributed by atoms with Crippen molar-refractivity contribution >= 4 is 42.3 Å². The summed E-state index contributed by atoms with van der Waals surface area (Å²) in [7, 11) is 0. The van der Waals surface area contributed by atoms with Crippen LogP contribution in [-0.2, 0) is 31.9 Å². The minimum absolute atomic E-state index is 0. The molecular formula is C49H44IrN2S-2. The molecule has 3 aromatic heterocycles. The summed E-state index contributed by atoms with van der Waals surface area (Å²) in [6.07, 6.45) is 12.2. The molecule has 1 radical (unpaired) electrons. The van der Waals surface area contributed by atoms with Gasteiger partial charge in [-0.3, -0.25) is 0 Å². The van der Waals surface area contributed by atoms with Gasteiger partial charge in [-0.1, -0.05) is 136 Å². The molecule has 1 aliphatic carbocycles. The molecule has 0 bridgehead atoms. The summed E-state index contributed by atoms with van der Waals surface area (Å²) in [5.41, 5.74) is 9.41. The molecule has 53 heavy (non-hydrogen) atoms. The van der Waals surface area contributed by atoms with Gasteiger partial charge < -0.3 is 9.97 Å². The van der Waals surface area contributed by atoms with E-state index in [1.165, 1.54) is 91.7 Å². The molecule has 8 aromatic rings. The maximum Gasteiger partial charge on any atom is 0.0318 e. The summed E-state index contributed by atoms with van der Waals surface area (Å²) in [4.78, 5) is 9.28. The number of nitrogens with zero attached hydrogens (tertiary/aromatic N) is 2. The molecule has 5 aromatic carbocycles. The number of benzene rings is 5. The van der Waals surface area contributed by atoms with Crippen LogP contribution in [0.2, 0.25) is 0 Å². The zero-order chi connectivity index (χ0) is 35.5. The zero-order valence-corrected chi connectivity index (χ0v) is 33.9. The molecule has 9 rings (SSSR count). The average molecular weight is 885 g/mol. The Morgan fingerprint density at radius 2 is 1.47 bits per heavy atom. The third kappa shape index (κ3) is 7.92. The standard InChI is InChI=1S/C30H22NS.C19H22N.Ir/c1-30(2,22-9-4-3-5-10-22)23-16-17-31-27(19-23)21-13-15-28-26(18-21)25-14-12-20-8-6-7-11-24(20)29(25)32-28;1-15-14-20-19(17-10-6-3-7-11-17)13-18(15)12-16-8-4-2-5-9-16;/h3-12,14-19H,1-2H3;3,6-7,10,13-14,16H,2,4-5,8-9,12H2,1H3;/q2*-1;. The van der Waals surface area contributed by atoms with Crippen LogP contribution in [0.1, 0.15) is 68.2 Å². The molecule has 2 nitrogen and oxygen atoms in total. The van der Waals surface area contributed by atoms with Crippen molar-refractivity contribution < 1.29 is 20.1 Å². The van der Waals surface area contributed by atoms with Gasteiger partial charge in [0, 0.05) is 42.6 Å². The number of aromatic nitrogens is 2. The van der Waals surface area contributed by atoms with Crippen LogP contribution in [0, 0.1) is 25.0 Å². The summed E-state index contributed by atoms with van der Waals surface area (Å²) in [6, 6.07) is 49.6. The Morgan fingerprint density at radius 1 is 0.698 bits per heavy atom. The van der Waals surface area contributed by atoms with Gasteiger partial charge in [-0.15, -0.1) is 59.7 Å². The molecule has 0 saturated heterocycles. The Balaban J connectivity index is 0.000000179. The first-order chi connectivity index (χ1) is 25.4. The Kier molecular flexibility index (Phi) is 11.3.